The van der Waals surface area contributed by atoms with E-state index in [2.05, 4.69) is 24.0 Å². The summed E-state index contributed by atoms with van der Waals surface area (Å²) in [6, 6.07) is 7.45. The van der Waals surface area contributed by atoms with Crippen LogP contribution in [0.5, 0.6) is 0 Å². The molecule has 1 saturated heterocycles. The summed E-state index contributed by atoms with van der Waals surface area (Å²) in [6.07, 6.45) is 1.29. The molecular weight excluding hydrogens is 338 g/mol. The summed E-state index contributed by atoms with van der Waals surface area (Å²) in [5, 5.41) is 6.59. The third-order valence-corrected chi connectivity index (χ3v) is 5.77. The summed E-state index contributed by atoms with van der Waals surface area (Å²) in [4.78, 5) is 15.0. The second kappa shape index (κ2) is 5.78. The molecule has 4 rings (SSSR count). The predicted molar refractivity (Wildman–Crippen MR) is 94.6 cm³/mol. The third-order valence-electron chi connectivity index (χ3n) is 5.59. The fraction of sp³-hybridized carbons (Fsp3) is 0.500. The lowest BCUT2D eigenvalue weighted by Gasteiger charge is -2.57. The van der Waals surface area contributed by atoms with E-state index in [1.165, 1.54) is 0 Å². The molecule has 2 heterocycles. The van der Waals surface area contributed by atoms with E-state index in [1.807, 2.05) is 24.1 Å². The molecule has 0 unspecified atom stereocenters. The van der Waals surface area contributed by atoms with Crippen LogP contribution in [0.25, 0.3) is 11.5 Å². The number of carbonyl (C=O) groups is 1. The summed E-state index contributed by atoms with van der Waals surface area (Å²) < 4.78 is 11.1. The summed E-state index contributed by atoms with van der Waals surface area (Å²) in [5.74, 6) is 0.887. The highest BCUT2D eigenvalue weighted by Crippen LogP contribution is 2.54. The minimum atomic E-state index is -0.0146. The van der Waals surface area contributed by atoms with Gasteiger partial charge in [0, 0.05) is 42.2 Å². The van der Waals surface area contributed by atoms with E-state index in [-0.39, 0.29) is 28.3 Å². The summed E-state index contributed by atoms with van der Waals surface area (Å²) in [7, 11) is 1.89. The first-order valence-electron chi connectivity index (χ1n) is 8.44. The SMILES string of the molecule is CN(C(=O)c1ccc(-c2n[nH]c(=S)o2)cc1)[C@@H]1[C@H]2CCO[C@@H]2C1(C)C. The molecule has 1 aromatic heterocycles. The first-order chi connectivity index (χ1) is 11.9. The Morgan fingerprint density at radius 2 is 2.08 bits per heavy atom. The van der Waals surface area contributed by atoms with Crippen LogP contribution in [0.4, 0.5) is 0 Å². The molecule has 6 nitrogen and oxygen atoms in total. The first kappa shape index (κ1) is 16.5. The van der Waals surface area contributed by atoms with Crippen molar-refractivity contribution in [3.8, 4) is 11.5 Å². The van der Waals surface area contributed by atoms with Gasteiger partial charge in [0.1, 0.15) is 0 Å². The zero-order chi connectivity index (χ0) is 17.8. The van der Waals surface area contributed by atoms with Gasteiger partial charge >= 0.3 is 0 Å². The lowest BCUT2D eigenvalue weighted by Crippen LogP contribution is -2.66. The van der Waals surface area contributed by atoms with Gasteiger partial charge in [0.05, 0.1) is 6.10 Å². The van der Waals surface area contributed by atoms with E-state index in [0.29, 0.717) is 17.4 Å². The van der Waals surface area contributed by atoms with E-state index < -0.39 is 0 Å². The monoisotopic (exact) mass is 359 g/mol. The zero-order valence-corrected chi connectivity index (χ0v) is 15.3. The van der Waals surface area contributed by atoms with Gasteiger partial charge in [-0.25, -0.2) is 5.10 Å². The van der Waals surface area contributed by atoms with Crippen LogP contribution in [-0.4, -0.2) is 46.8 Å². The summed E-state index contributed by atoms with van der Waals surface area (Å²) >= 11 is 4.89. The van der Waals surface area contributed by atoms with Crippen molar-refractivity contribution in [1.82, 2.24) is 15.1 Å². The van der Waals surface area contributed by atoms with Crippen molar-refractivity contribution in [2.75, 3.05) is 13.7 Å². The fourth-order valence-corrected chi connectivity index (χ4v) is 4.65. The van der Waals surface area contributed by atoms with Gasteiger partial charge in [-0.05, 0) is 42.9 Å². The van der Waals surface area contributed by atoms with E-state index in [0.717, 1.165) is 18.6 Å². The summed E-state index contributed by atoms with van der Waals surface area (Å²) in [5.41, 5.74) is 1.41. The average Bonchev–Trinajstić information content (AvgIpc) is 3.22. The number of fused-ring (bicyclic) bond motifs is 1. The average molecular weight is 359 g/mol. The Bertz CT molecular complexity index is 855. The molecule has 1 saturated carbocycles. The molecule has 1 N–H and O–H groups in total. The van der Waals surface area contributed by atoms with Crippen molar-refractivity contribution >= 4 is 18.1 Å². The van der Waals surface area contributed by atoms with Gasteiger partial charge in [-0.2, -0.15) is 0 Å². The van der Waals surface area contributed by atoms with Gasteiger partial charge in [-0.15, -0.1) is 5.10 Å². The highest BCUT2D eigenvalue weighted by Gasteiger charge is 2.61. The largest absolute Gasteiger partial charge is 0.409 e. The quantitative estimate of drug-likeness (QED) is 0.852. The fourth-order valence-electron chi connectivity index (χ4n) is 4.52. The number of hydrogen-bond acceptors (Lipinski definition) is 5. The van der Waals surface area contributed by atoms with Gasteiger partial charge in [0.15, 0.2) is 0 Å². The zero-order valence-electron chi connectivity index (χ0n) is 14.5. The summed E-state index contributed by atoms with van der Waals surface area (Å²) in [6.45, 7) is 5.16. The molecule has 7 heteroatoms. The van der Waals surface area contributed by atoms with Crippen molar-refractivity contribution in [2.45, 2.75) is 32.4 Å². The third kappa shape index (κ3) is 2.53. The van der Waals surface area contributed by atoms with Crippen molar-refractivity contribution < 1.29 is 13.9 Å². The topological polar surface area (TPSA) is 71.4 Å². The van der Waals surface area contributed by atoms with Crippen LogP contribution < -0.4 is 0 Å². The number of aromatic nitrogens is 2. The van der Waals surface area contributed by atoms with Crippen LogP contribution in [0, 0.1) is 16.2 Å². The Balaban J connectivity index is 1.53. The predicted octanol–water partition coefficient (Wildman–Crippen LogP) is 3.28. The Morgan fingerprint density at radius 1 is 1.36 bits per heavy atom. The maximum Gasteiger partial charge on any atom is 0.284 e. The number of ether oxygens (including phenoxy) is 1. The van der Waals surface area contributed by atoms with E-state index in [4.69, 9.17) is 21.4 Å². The van der Waals surface area contributed by atoms with E-state index >= 15 is 0 Å². The molecule has 132 valence electrons. The van der Waals surface area contributed by atoms with Crippen molar-refractivity contribution in [3.05, 3.63) is 34.7 Å². The number of benzene rings is 1. The second-order valence-corrected chi connectivity index (χ2v) is 7.79. The molecular formula is C18H21N3O3S. The van der Waals surface area contributed by atoms with Crippen molar-refractivity contribution in [1.29, 1.82) is 0 Å². The van der Waals surface area contributed by atoms with E-state index in [9.17, 15) is 4.79 Å². The first-order valence-corrected chi connectivity index (χ1v) is 8.85. The molecule has 1 amide bonds. The van der Waals surface area contributed by atoms with Crippen LogP contribution >= 0.6 is 12.2 Å². The molecule has 0 spiro atoms. The molecule has 2 aromatic rings. The molecule has 0 bridgehead atoms. The number of amides is 1. The van der Waals surface area contributed by atoms with Crippen LogP contribution in [0.1, 0.15) is 30.6 Å². The lowest BCUT2D eigenvalue weighted by atomic mass is 9.56. The number of carbonyl (C=O) groups excluding carboxylic acids is 1. The standard InChI is InChI=1S/C18H21N3O3S/c1-18(2)13(12-8-9-23-14(12)18)21(3)16(22)11-6-4-10(5-7-11)15-19-20-17(25)24-15/h4-7,12-14H,8-9H2,1-3H3,(H,20,25)/t12-,13-,14+/m1/s1. The minimum Gasteiger partial charge on any atom is -0.409 e. The number of H-pyrrole nitrogens is 1. The molecule has 1 aliphatic heterocycles. The smallest absolute Gasteiger partial charge is 0.284 e. The molecule has 3 atom stereocenters. The maximum absolute atomic E-state index is 12.9. The van der Waals surface area contributed by atoms with Crippen LogP contribution in [0.15, 0.2) is 28.7 Å². The van der Waals surface area contributed by atoms with E-state index in [1.54, 1.807) is 12.1 Å². The van der Waals surface area contributed by atoms with Gasteiger partial charge < -0.3 is 14.1 Å². The van der Waals surface area contributed by atoms with Gasteiger partial charge in [0.25, 0.3) is 10.7 Å². The lowest BCUT2D eigenvalue weighted by molar-refractivity contribution is -0.139. The molecule has 2 fully saturated rings. The Morgan fingerprint density at radius 3 is 2.72 bits per heavy atom. The highest BCUT2D eigenvalue weighted by atomic mass is 32.1. The maximum atomic E-state index is 12.9. The van der Waals surface area contributed by atoms with Gasteiger partial charge in [-0.3, -0.25) is 4.79 Å². The second-order valence-electron chi connectivity index (χ2n) is 7.42. The molecule has 1 aliphatic carbocycles. The van der Waals surface area contributed by atoms with Gasteiger partial charge in [0.2, 0.25) is 5.89 Å². The Hall–Kier alpha value is -1.99. The van der Waals surface area contributed by atoms with Crippen molar-refractivity contribution in [2.24, 2.45) is 11.3 Å². The van der Waals surface area contributed by atoms with Crippen molar-refractivity contribution in [3.63, 3.8) is 0 Å². The number of rotatable bonds is 3. The Kier molecular flexibility index (Phi) is 3.81. The molecule has 25 heavy (non-hydrogen) atoms. The minimum absolute atomic E-state index is 0.0146. The highest BCUT2D eigenvalue weighted by molar-refractivity contribution is 7.71. The number of nitrogens with zero attached hydrogens (tertiary/aromatic N) is 2. The molecule has 2 aliphatic rings. The van der Waals surface area contributed by atoms with Crippen LogP contribution in [0.2, 0.25) is 0 Å². The number of aromatic amines is 1. The normalized spacial score (nSPS) is 26.8. The number of hydrogen-bond donors (Lipinski definition) is 1. The van der Waals surface area contributed by atoms with Crippen LogP contribution in [-0.2, 0) is 4.74 Å². The van der Waals surface area contributed by atoms with Gasteiger partial charge in [-0.1, -0.05) is 13.8 Å². The number of nitrogens with one attached hydrogen (secondary N) is 1. The van der Waals surface area contributed by atoms with Crippen LogP contribution in [0.3, 0.4) is 0 Å². The molecule has 1 aromatic carbocycles. The molecule has 0 radical (unpaired) electrons. The Labute approximate surface area is 151 Å².